The molecule has 1 rings (SSSR count). The average molecular weight is 256 g/mol. The van der Waals surface area contributed by atoms with Crippen molar-refractivity contribution < 1.29 is 4.79 Å². The van der Waals surface area contributed by atoms with Gasteiger partial charge in [0.1, 0.15) is 11.6 Å². The number of nitrogens with zero attached hydrogens (tertiary/aromatic N) is 1. The fourth-order valence-corrected chi connectivity index (χ4v) is 1.69. The van der Waals surface area contributed by atoms with Crippen LogP contribution < -0.4 is 5.32 Å². The molecule has 0 aliphatic carbocycles. The van der Waals surface area contributed by atoms with Gasteiger partial charge < -0.3 is 5.32 Å². The van der Waals surface area contributed by atoms with Gasteiger partial charge in [0.05, 0.1) is 0 Å². The Labute approximate surface area is 114 Å². The molecule has 0 heterocycles. The number of aryl methyl sites for hydroxylation is 2. The second-order valence-electron chi connectivity index (χ2n) is 4.64. The summed E-state index contributed by atoms with van der Waals surface area (Å²) in [6.45, 7) is 6.63. The van der Waals surface area contributed by atoms with Crippen molar-refractivity contribution in [3.05, 3.63) is 40.5 Å². The molecule has 0 saturated heterocycles. The summed E-state index contributed by atoms with van der Waals surface area (Å²) in [6.07, 6.45) is 3.60. The Bertz CT molecular complexity index is 524. The molecule has 1 amide bonds. The van der Waals surface area contributed by atoms with Crippen LogP contribution in [0.15, 0.2) is 23.8 Å². The van der Waals surface area contributed by atoms with Gasteiger partial charge in [-0.2, -0.15) is 5.26 Å². The predicted molar refractivity (Wildman–Crippen MR) is 77.4 cm³/mol. The number of carbonyl (C=O) groups excluding carboxylic acids is 1. The second-order valence-corrected chi connectivity index (χ2v) is 4.64. The van der Waals surface area contributed by atoms with Gasteiger partial charge in [0.25, 0.3) is 5.91 Å². The highest BCUT2D eigenvalue weighted by Gasteiger charge is 2.08. The van der Waals surface area contributed by atoms with Crippen molar-refractivity contribution in [1.82, 2.24) is 5.32 Å². The lowest BCUT2D eigenvalue weighted by Gasteiger charge is -2.05. The third kappa shape index (κ3) is 4.59. The molecule has 0 unspecified atom stereocenters. The first-order chi connectivity index (χ1) is 9.08. The fraction of sp³-hybridized carbons (Fsp3) is 0.375. The van der Waals surface area contributed by atoms with Crippen molar-refractivity contribution in [1.29, 1.82) is 5.26 Å². The number of amides is 1. The van der Waals surface area contributed by atoms with Gasteiger partial charge in [0.15, 0.2) is 0 Å². The number of benzene rings is 1. The summed E-state index contributed by atoms with van der Waals surface area (Å²) in [5.74, 6) is -0.295. The van der Waals surface area contributed by atoms with Crippen molar-refractivity contribution in [3.63, 3.8) is 0 Å². The van der Waals surface area contributed by atoms with Crippen LogP contribution in [0.5, 0.6) is 0 Å². The van der Waals surface area contributed by atoms with Crippen LogP contribution in [0.1, 0.15) is 36.5 Å². The van der Waals surface area contributed by atoms with Crippen molar-refractivity contribution in [2.24, 2.45) is 0 Å². The fourth-order valence-electron chi connectivity index (χ4n) is 1.69. The second kappa shape index (κ2) is 7.38. The molecule has 19 heavy (non-hydrogen) atoms. The van der Waals surface area contributed by atoms with E-state index >= 15 is 0 Å². The zero-order valence-electron chi connectivity index (χ0n) is 11.8. The number of nitrogens with one attached hydrogen (secondary N) is 1. The maximum Gasteiger partial charge on any atom is 0.261 e. The molecule has 0 aromatic heterocycles. The lowest BCUT2D eigenvalue weighted by Crippen LogP contribution is -2.25. The Balaban J connectivity index is 2.90. The molecule has 0 bridgehead atoms. The van der Waals surface area contributed by atoms with Crippen LogP contribution in [-0.2, 0) is 4.79 Å². The lowest BCUT2D eigenvalue weighted by atomic mass is 10.0. The summed E-state index contributed by atoms with van der Waals surface area (Å²) >= 11 is 0. The van der Waals surface area contributed by atoms with Crippen LogP contribution in [0.25, 0.3) is 6.08 Å². The molecular weight excluding hydrogens is 236 g/mol. The Morgan fingerprint density at radius 2 is 2.16 bits per heavy atom. The van der Waals surface area contributed by atoms with E-state index in [9.17, 15) is 4.79 Å². The molecule has 0 spiro atoms. The van der Waals surface area contributed by atoms with Crippen molar-refractivity contribution in [3.8, 4) is 6.07 Å². The number of hydrogen-bond acceptors (Lipinski definition) is 2. The summed E-state index contributed by atoms with van der Waals surface area (Å²) < 4.78 is 0. The van der Waals surface area contributed by atoms with Crippen LogP contribution in [0.2, 0.25) is 0 Å². The summed E-state index contributed by atoms with van der Waals surface area (Å²) in [5, 5.41) is 11.9. The monoisotopic (exact) mass is 256 g/mol. The normalized spacial score (nSPS) is 10.9. The standard InChI is InChI=1S/C16H20N2O/c1-4-5-8-18-16(19)15(11-17)10-14-9-12(2)6-7-13(14)3/h6-7,9-10H,4-5,8H2,1-3H3,(H,18,19). The van der Waals surface area contributed by atoms with Gasteiger partial charge >= 0.3 is 0 Å². The lowest BCUT2D eigenvalue weighted by molar-refractivity contribution is -0.117. The SMILES string of the molecule is CCCCNC(=O)C(C#N)=Cc1cc(C)ccc1C. The van der Waals surface area contributed by atoms with Gasteiger partial charge in [0.2, 0.25) is 0 Å². The molecule has 0 atom stereocenters. The molecule has 0 aliphatic heterocycles. The maximum atomic E-state index is 11.8. The van der Waals surface area contributed by atoms with Gasteiger partial charge in [-0.15, -0.1) is 0 Å². The molecule has 1 N–H and O–H groups in total. The first kappa shape index (κ1) is 15.0. The molecule has 1 aromatic carbocycles. The van der Waals surface area contributed by atoms with E-state index in [0.717, 1.165) is 29.5 Å². The van der Waals surface area contributed by atoms with Gasteiger partial charge in [0, 0.05) is 6.54 Å². The van der Waals surface area contributed by atoms with Crippen LogP contribution in [0.4, 0.5) is 0 Å². The molecule has 100 valence electrons. The number of carbonyl (C=O) groups is 1. The molecule has 0 radical (unpaired) electrons. The summed E-state index contributed by atoms with van der Waals surface area (Å²) in [6, 6.07) is 7.96. The predicted octanol–water partition coefficient (Wildman–Crippen LogP) is 3.13. The van der Waals surface area contributed by atoms with Crippen LogP contribution in [-0.4, -0.2) is 12.5 Å². The molecular formula is C16H20N2O. The zero-order chi connectivity index (χ0) is 14.3. The minimum atomic E-state index is -0.295. The average Bonchev–Trinajstić information content (AvgIpc) is 2.39. The van der Waals surface area contributed by atoms with E-state index in [1.165, 1.54) is 0 Å². The Hall–Kier alpha value is -2.08. The third-order valence-electron chi connectivity index (χ3n) is 2.92. The Morgan fingerprint density at radius 3 is 2.79 bits per heavy atom. The Morgan fingerprint density at radius 1 is 1.42 bits per heavy atom. The van der Waals surface area contributed by atoms with Gasteiger partial charge in [-0.3, -0.25) is 4.79 Å². The minimum absolute atomic E-state index is 0.157. The van der Waals surface area contributed by atoms with Gasteiger partial charge in [-0.1, -0.05) is 37.1 Å². The van der Waals surface area contributed by atoms with Gasteiger partial charge in [-0.05, 0) is 37.5 Å². The van der Waals surface area contributed by atoms with Gasteiger partial charge in [-0.25, -0.2) is 0 Å². The van der Waals surface area contributed by atoms with E-state index in [2.05, 4.69) is 12.2 Å². The van der Waals surface area contributed by atoms with Crippen molar-refractivity contribution in [2.75, 3.05) is 6.54 Å². The molecule has 0 saturated carbocycles. The molecule has 1 aromatic rings. The number of nitriles is 1. The third-order valence-corrected chi connectivity index (χ3v) is 2.92. The minimum Gasteiger partial charge on any atom is -0.351 e. The van der Waals surface area contributed by atoms with E-state index in [-0.39, 0.29) is 11.5 Å². The largest absolute Gasteiger partial charge is 0.351 e. The Kier molecular flexibility index (Phi) is 5.81. The number of unbranched alkanes of at least 4 members (excludes halogenated alkanes) is 1. The maximum absolute atomic E-state index is 11.8. The van der Waals surface area contributed by atoms with E-state index in [4.69, 9.17) is 5.26 Å². The molecule has 0 fully saturated rings. The molecule has 0 aliphatic rings. The van der Waals surface area contributed by atoms with Crippen LogP contribution in [0.3, 0.4) is 0 Å². The summed E-state index contributed by atoms with van der Waals surface area (Å²) in [4.78, 5) is 11.8. The van der Waals surface area contributed by atoms with E-state index in [1.54, 1.807) is 6.08 Å². The number of hydrogen-bond donors (Lipinski definition) is 1. The van der Waals surface area contributed by atoms with Crippen LogP contribution in [0, 0.1) is 25.2 Å². The molecule has 3 nitrogen and oxygen atoms in total. The number of rotatable bonds is 5. The first-order valence-corrected chi connectivity index (χ1v) is 6.55. The van der Waals surface area contributed by atoms with E-state index in [0.29, 0.717) is 6.54 Å². The molecule has 3 heteroatoms. The van der Waals surface area contributed by atoms with E-state index < -0.39 is 0 Å². The highest BCUT2D eigenvalue weighted by Crippen LogP contribution is 2.14. The smallest absolute Gasteiger partial charge is 0.261 e. The highest BCUT2D eigenvalue weighted by molar-refractivity contribution is 6.01. The zero-order valence-corrected chi connectivity index (χ0v) is 11.8. The summed E-state index contributed by atoms with van der Waals surface area (Å²) in [5.41, 5.74) is 3.24. The summed E-state index contributed by atoms with van der Waals surface area (Å²) in [7, 11) is 0. The first-order valence-electron chi connectivity index (χ1n) is 6.55. The highest BCUT2D eigenvalue weighted by atomic mass is 16.1. The topological polar surface area (TPSA) is 52.9 Å². The quantitative estimate of drug-likeness (QED) is 0.500. The van der Waals surface area contributed by atoms with Crippen LogP contribution >= 0.6 is 0 Å². The van der Waals surface area contributed by atoms with Crippen molar-refractivity contribution >= 4 is 12.0 Å². The van der Waals surface area contributed by atoms with Crippen molar-refractivity contribution in [2.45, 2.75) is 33.6 Å². The van der Waals surface area contributed by atoms with E-state index in [1.807, 2.05) is 38.1 Å².